The highest BCUT2D eigenvalue weighted by Gasteiger charge is 2.17. The van der Waals surface area contributed by atoms with Gasteiger partial charge in [-0.25, -0.2) is 0 Å². The number of amides is 2. The van der Waals surface area contributed by atoms with E-state index in [2.05, 4.69) is 26.6 Å². The Kier molecular flexibility index (Phi) is 4.74. The van der Waals surface area contributed by atoms with Crippen LogP contribution in [0.4, 0.5) is 0 Å². The Morgan fingerprint density at radius 2 is 2.18 bits per heavy atom. The molecule has 0 radical (unpaired) electrons. The molecule has 0 saturated heterocycles. The first-order valence-electron chi connectivity index (χ1n) is 5.36. The first-order valence-corrected chi connectivity index (χ1v) is 6.15. The number of nitrogens with one attached hydrogen (secondary N) is 2. The number of nitrogens with zero attached hydrogens (tertiary/aromatic N) is 1. The van der Waals surface area contributed by atoms with Gasteiger partial charge in [-0.05, 0) is 35.8 Å². The maximum Gasteiger partial charge on any atom is 0.268 e. The molecule has 0 aromatic carbocycles. The Balaban J connectivity index is 2.66. The number of aryl methyl sites for hydroxylation is 1. The third-order valence-corrected chi connectivity index (χ3v) is 2.73. The number of hydrogen-bond donors (Lipinski definition) is 2. The number of hydrogen-bond acceptors (Lipinski definition) is 2. The van der Waals surface area contributed by atoms with Crippen molar-refractivity contribution >= 4 is 27.7 Å². The third-order valence-electron chi connectivity index (χ3n) is 2.30. The van der Waals surface area contributed by atoms with Gasteiger partial charge in [0.05, 0.1) is 0 Å². The molecule has 5 nitrogen and oxygen atoms in total. The van der Waals surface area contributed by atoms with E-state index in [0.717, 1.165) is 4.47 Å². The Morgan fingerprint density at radius 1 is 1.53 bits per heavy atom. The summed E-state index contributed by atoms with van der Waals surface area (Å²) in [6, 6.07) is 1.16. The van der Waals surface area contributed by atoms with Gasteiger partial charge in [-0.15, -0.1) is 0 Å². The van der Waals surface area contributed by atoms with Crippen LogP contribution in [0.1, 0.15) is 24.3 Å². The fourth-order valence-electron chi connectivity index (χ4n) is 1.41. The van der Waals surface area contributed by atoms with Crippen LogP contribution in [0.5, 0.6) is 0 Å². The summed E-state index contributed by atoms with van der Waals surface area (Å²) in [6.45, 7) is 4.04. The molecule has 0 saturated carbocycles. The van der Waals surface area contributed by atoms with Crippen LogP contribution < -0.4 is 10.6 Å². The number of aromatic nitrogens is 1. The molecule has 0 aliphatic heterocycles. The minimum Gasteiger partial charge on any atom is -0.355 e. The normalized spacial score (nSPS) is 12.0. The van der Waals surface area contributed by atoms with E-state index in [1.807, 2.05) is 6.92 Å². The summed E-state index contributed by atoms with van der Waals surface area (Å²) in [4.78, 5) is 23.3. The number of halogens is 1. The van der Waals surface area contributed by atoms with Crippen molar-refractivity contribution in [3.8, 4) is 0 Å². The van der Waals surface area contributed by atoms with E-state index in [4.69, 9.17) is 0 Å². The lowest BCUT2D eigenvalue weighted by Gasteiger charge is -2.13. The van der Waals surface area contributed by atoms with E-state index in [0.29, 0.717) is 12.2 Å². The van der Waals surface area contributed by atoms with E-state index < -0.39 is 6.04 Å². The zero-order chi connectivity index (χ0) is 13.0. The lowest BCUT2D eigenvalue weighted by atomic mass is 10.3. The maximum absolute atomic E-state index is 11.9. The van der Waals surface area contributed by atoms with Crippen LogP contribution in [-0.4, -0.2) is 29.0 Å². The summed E-state index contributed by atoms with van der Waals surface area (Å²) in [6.07, 6.45) is 1.78. The molecule has 94 valence electrons. The minimum atomic E-state index is -0.545. The predicted octanol–water partition coefficient (Wildman–Crippen LogP) is 1.04. The average molecular weight is 302 g/mol. The summed E-state index contributed by atoms with van der Waals surface area (Å²) in [5.41, 5.74) is 0.507. The van der Waals surface area contributed by atoms with Gasteiger partial charge < -0.3 is 15.2 Å². The van der Waals surface area contributed by atoms with Crippen LogP contribution in [0.25, 0.3) is 0 Å². The second-order valence-electron chi connectivity index (χ2n) is 3.74. The van der Waals surface area contributed by atoms with Crippen LogP contribution >= 0.6 is 15.9 Å². The molecule has 6 heteroatoms. The molecule has 2 N–H and O–H groups in total. The molecule has 0 aliphatic rings. The SMILES string of the molecule is CCNC(=O)C(C)NC(=O)c1cc(Br)cn1C. The molecule has 1 atom stereocenters. The fourth-order valence-corrected chi connectivity index (χ4v) is 1.94. The Labute approximate surface area is 109 Å². The van der Waals surface area contributed by atoms with E-state index in [-0.39, 0.29) is 11.8 Å². The molecule has 1 unspecified atom stereocenters. The molecule has 1 aromatic heterocycles. The van der Waals surface area contributed by atoms with Gasteiger partial charge in [-0.1, -0.05) is 0 Å². The zero-order valence-corrected chi connectivity index (χ0v) is 11.7. The van der Waals surface area contributed by atoms with E-state index in [1.54, 1.807) is 30.8 Å². The van der Waals surface area contributed by atoms with Crippen LogP contribution in [0, 0.1) is 0 Å². The summed E-state index contributed by atoms with van der Waals surface area (Å²) >= 11 is 3.29. The molecular weight excluding hydrogens is 286 g/mol. The molecule has 0 bridgehead atoms. The van der Waals surface area contributed by atoms with Gasteiger partial charge >= 0.3 is 0 Å². The zero-order valence-electron chi connectivity index (χ0n) is 10.1. The lowest BCUT2D eigenvalue weighted by Crippen LogP contribution is -2.45. The molecule has 17 heavy (non-hydrogen) atoms. The highest BCUT2D eigenvalue weighted by atomic mass is 79.9. The summed E-state index contributed by atoms with van der Waals surface area (Å²) in [5, 5.41) is 5.29. The fraction of sp³-hybridized carbons (Fsp3) is 0.455. The lowest BCUT2D eigenvalue weighted by molar-refractivity contribution is -0.122. The van der Waals surface area contributed by atoms with Crippen LogP contribution in [0.15, 0.2) is 16.7 Å². The molecular formula is C11H16BrN3O2. The van der Waals surface area contributed by atoms with E-state index in [1.165, 1.54) is 0 Å². The van der Waals surface area contributed by atoms with Gasteiger partial charge in [-0.3, -0.25) is 9.59 Å². The maximum atomic E-state index is 11.9. The van der Waals surface area contributed by atoms with Crippen molar-refractivity contribution in [2.24, 2.45) is 7.05 Å². The number of likely N-dealkylation sites (N-methyl/N-ethyl adjacent to an activating group) is 1. The predicted molar refractivity (Wildman–Crippen MR) is 68.7 cm³/mol. The number of carbonyl (C=O) groups excluding carboxylic acids is 2. The van der Waals surface area contributed by atoms with E-state index in [9.17, 15) is 9.59 Å². The van der Waals surface area contributed by atoms with Crippen LogP contribution in [-0.2, 0) is 11.8 Å². The van der Waals surface area contributed by atoms with Gasteiger partial charge in [0.1, 0.15) is 11.7 Å². The molecule has 0 fully saturated rings. The van der Waals surface area contributed by atoms with Gasteiger partial charge in [-0.2, -0.15) is 0 Å². The highest BCUT2D eigenvalue weighted by Crippen LogP contribution is 2.13. The summed E-state index contributed by atoms with van der Waals surface area (Å²) in [5.74, 6) is -0.453. The van der Waals surface area contributed by atoms with Crippen molar-refractivity contribution < 1.29 is 9.59 Å². The Hall–Kier alpha value is -1.30. The second-order valence-corrected chi connectivity index (χ2v) is 4.66. The van der Waals surface area contributed by atoms with Crippen molar-refractivity contribution in [2.45, 2.75) is 19.9 Å². The number of rotatable bonds is 4. The van der Waals surface area contributed by atoms with Crippen LogP contribution in [0.3, 0.4) is 0 Å². The molecule has 0 spiro atoms. The molecule has 1 heterocycles. The monoisotopic (exact) mass is 301 g/mol. The van der Waals surface area contributed by atoms with E-state index >= 15 is 0 Å². The molecule has 1 aromatic rings. The Morgan fingerprint density at radius 3 is 2.65 bits per heavy atom. The Bertz CT molecular complexity index is 428. The van der Waals surface area contributed by atoms with Crippen molar-refractivity contribution in [1.82, 2.24) is 15.2 Å². The van der Waals surface area contributed by atoms with Gasteiger partial charge in [0.15, 0.2) is 0 Å². The van der Waals surface area contributed by atoms with Crippen molar-refractivity contribution in [1.29, 1.82) is 0 Å². The molecule has 0 aliphatic carbocycles. The van der Waals surface area contributed by atoms with Crippen LogP contribution in [0.2, 0.25) is 0 Å². The second kappa shape index (κ2) is 5.86. The quantitative estimate of drug-likeness (QED) is 0.873. The molecule has 1 rings (SSSR count). The summed E-state index contributed by atoms with van der Waals surface area (Å²) < 4.78 is 2.53. The third kappa shape index (κ3) is 3.59. The first-order chi connectivity index (χ1) is 7.95. The van der Waals surface area contributed by atoms with Crippen molar-refractivity contribution in [3.63, 3.8) is 0 Å². The number of carbonyl (C=O) groups is 2. The van der Waals surface area contributed by atoms with Crippen molar-refractivity contribution in [3.05, 3.63) is 22.4 Å². The van der Waals surface area contributed by atoms with Gasteiger partial charge in [0.25, 0.3) is 5.91 Å². The molecule has 2 amide bonds. The van der Waals surface area contributed by atoms with Crippen molar-refractivity contribution in [2.75, 3.05) is 6.54 Å². The smallest absolute Gasteiger partial charge is 0.268 e. The summed E-state index contributed by atoms with van der Waals surface area (Å²) in [7, 11) is 1.77. The minimum absolute atomic E-state index is 0.186. The first kappa shape index (κ1) is 13.8. The van der Waals surface area contributed by atoms with Gasteiger partial charge in [0.2, 0.25) is 5.91 Å². The topological polar surface area (TPSA) is 63.1 Å². The average Bonchev–Trinajstić information content (AvgIpc) is 2.58. The largest absolute Gasteiger partial charge is 0.355 e. The van der Waals surface area contributed by atoms with Gasteiger partial charge in [0, 0.05) is 24.3 Å². The standard InChI is InChI=1S/C11H16BrN3O2/c1-4-13-10(16)7(2)14-11(17)9-5-8(12)6-15(9)3/h5-7H,4H2,1-3H3,(H,13,16)(H,14,17). The highest BCUT2D eigenvalue weighted by molar-refractivity contribution is 9.10.